The fraction of sp³-hybridized carbons (Fsp3) is 0.348. The van der Waals surface area contributed by atoms with Gasteiger partial charge in [-0.05, 0) is 48.4 Å². The monoisotopic (exact) mass is 425 g/mol. The Morgan fingerprint density at radius 3 is 2.33 bits per heavy atom. The van der Waals surface area contributed by atoms with Crippen molar-refractivity contribution in [2.45, 2.75) is 32.6 Å². The minimum atomic E-state index is -0.326. The standard InChI is InChI=1S/C23H24ClN3O3/c1-15(28)25-20-9-4-8-19(22(20)24)23(30)27-11-5-10-26(27)21(29)14-16-12-17-6-2-3-7-18(17)13-16/h2-4,6-9,16H,5,10-14H2,1H3,(H,25,28). The Labute approximate surface area is 180 Å². The van der Waals surface area contributed by atoms with Gasteiger partial charge in [-0.15, -0.1) is 0 Å². The van der Waals surface area contributed by atoms with E-state index in [-0.39, 0.29) is 34.2 Å². The third kappa shape index (κ3) is 4.05. The van der Waals surface area contributed by atoms with Crippen LogP contribution in [0.25, 0.3) is 0 Å². The molecule has 0 spiro atoms. The smallest absolute Gasteiger partial charge is 0.274 e. The van der Waals surface area contributed by atoms with Crippen molar-refractivity contribution in [3.8, 4) is 0 Å². The lowest BCUT2D eigenvalue weighted by Gasteiger charge is -2.29. The van der Waals surface area contributed by atoms with Crippen molar-refractivity contribution in [2.24, 2.45) is 5.92 Å². The molecule has 1 aliphatic heterocycles. The second-order valence-corrected chi connectivity index (χ2v) is 8.27. The minimum Gasteiger partial charge on any atom is -0.325 e. The van der Waals surface area contributed by atoms with Crippen LogP contribution in [0.5, 0.6) is 0 Å². The van der Waals surface area contributed by atoms with Gasteiger partial charge in [-0.3, -0.25) is 19.4 Å². The van der Waals surface area contributed by atoms with Gasteiger partial charge < -0.3 is 5.32 Å². The van der Waals surface area contributed by atoms with E-state index >= 15 is 0 Å². The predicted molar refractivity (Wildman–Crippen MR) is 115 cm³/mol. The predicted octanol–water partition coefficient (Wildman–Crippen LogP) is 3.69. The molecule has 1 heterocycles. The molecule has 0 unspecified atom stereocenters. The number of nitrogens with one attached hydrogen (secondary N) is 1. The molecule has 0 bridgehead atoms. The number of hydrazine groups is 1. The molecule has 0 saturated carbocycles. The van der Waals surface area contributed by atoms with Gasteiger partial charge in [0, 0.05) is 26.4 Å². The maximum absolute atomic E-state index is 13.2. The molecule has 1 fully saturated rings. The number of rotatable bonds is 4. The van der Waals surface area contributed by atoms with Crippen molar-refractivity contribution in [1.82, 2.24) is 10.0 Å². The zero-order valence-corrected chi connectivity index (χ0v) is 17.6. The van der Waals surface area contributed by atoms with Gasteiger partial charge in [-0.1, -0.05) is 41.9 Å². The number of amides is 3. The van der Waals surface area contributed by atoms with E-state index in [2.05, 4.69) is 17.4 Å². The molecule has 6 nitrogen and oxygen atoms in total. The van der Waals surface area contributed by atoms with Gasteiger partial charge in [0.2, 0.25) is 11.8 Å². The fourth-order valence-electron chi connectivity index (χ4n) is 4.35. The van der Waals surface area contributed by atoms with Crippen LogP contribution in [0, 0.1) is 5.92 Å². The van der Waals surface area contributed by atoms with Gasteiger partial charge in [-0.25, -0.2) is 5.01 Å². The highest BCUT2D eigenvalue weighted by atomic mass is 35.5. The van der Waals surface area contributed by atoms with Crippen LogP contribution in [0.4, 0.5) is 5.69 Å². The summed E-state index contributed by atoms with van der Waals surface area (Å²) in [5.41, 5.74) is 3.28. The van der Waals surface area contributed by atoms with Crippen molar-refractivity contribution >= 4 is 35.0 Å². The number of hydrogen-bond donors (Lipinski definition) is 1. The number of fused-ring (bicyclic) bond motifs is 1. The molecule has 156 valence electrons. The van der Waals surface area contributed by atoms with Crippen LogP contribution in [0.3, 0.4) is 0 Å². The summed E-state index contributed by atoms with van der Waals surface area (Å²) in [6.07, 6.45) is 2.94. The number of halogens is 1. The first-order valence-electron chi connectivity index (χ1n) is 10.2. The maximum Gasteiger partial charge on any atom is 0.274 e. The Hall–Kier alpha value is -2.86. The number of benzene rings is 2. The summed E-state index contributed by atoms with van der Waals surface area (Å²) in [6.45, 7) is 2.37. The second kappa shape index (κ2) is 8.48. The van der Waals surface area contributed by atoms with E-state index in [4.69, 9.17) is 11.6 Å². The Kier molecular flexibility index (Phi) is 5.77. The first-order chi connectivity index (χ1) is 14.4. The molecule has 2 aromatic carbocycles. The highest BCUT2D eigenvalue weighted by Gasteiger charge is 2.34. The largest absolute Gasteiger partial charge is 0.325 e. The summed E-state index contributed by atoms with van der Waals surface area (Å²) in [5.74, 6) is -0.364. The first-order valence-corrected chi connectivity index (χ1v) is 10.6. The average Bonchev–Trinajstić information content (AvgIpc) is 3.35. The van der Waals surface area contributed by atoms with Crippen molar-refractivity contribution in [3.63, 3.8) is 0 Å². The third-order valence-corrected chi connectivity index (χ3v) is 6.10. The van der Waals surface area contributed by atoms with Gasteiger partial charge in [0.1, 0.15) is 0 Å². The van der Waals surface area contributed by atoms with Gasteiger partial charge in [-0.2, -0.15) is 0 Å². The van der Waals surface area contributed by atoms with E-state index in [1.54, 1.807) is 23.2 Å². The maximum atomic E-state index is 13.2. The van der Waals surface area contributed by atoms with Gasteiger partial charge in [0.25, 0.3) is 5.91 Å². The Morgan fingerprint density at radius 1 is 1.00 bits per heavy atom. The Balaban J connectivity index is 1.47. The number of carbonyl (C=O) groups is 3. The summed E-state index contributed by atoms with van der Waals surface area (Å²) in [4.78, 5) is 37.6. The molecule has 2 aromatic rings. The van der Waals surface area contributed by atoms with Crippen LogP contribution < -0.4 is 5.32 Å². The van der Waals surface area contributed by atoms with Gasteiger partial charge in [0.05, 0.1) is 16.3 Å². The van der Waals surface area contributed by atoms with Crippen molar-refractivity contribution in [1.29, 1.82) is 0 Å². The molecule has 30 heavy (non-hydrogen) atoms. The fourth-order valence-corrected chi connectivity index (χ4v) is 4.61. The molecule has 0 radical (unpaired) electrons. The molecule has 7 heteroatoms. The third-order valence-electron chi connectivity index (χ3n) is 5.69. The minimum absolute atomic E-state index is 0.0344. The van der Waals surface area contributed by atoms with Crippen molar-refractivity contribution < 1.29 is 14.4 Å². The highest BCUT2D eigenvalue weighted by molar-refractivity contribution is 6.36. The van der Waals surface area contributed by atoms with Crippen LogP contribution in [-0.4, -0.2) is 40.8 Å². The number of anilines is 1. The number of carbonyl (C=O) groups excluding carboxylic acids is 3. The van der Waals surface area contributed by atoms with E-state index in [1.165, 1.54) is 23.1 Å². The average molecular weight is 426 g/mol. The van der Waals surface area contributed by atoms with Crippen LogP contribution in [0.15, 0.2) is 42.5 Å². The lowest BCUT2D eigenvalue weighted by molar-refractivity contribution is -0.141. The molecule has 1 N–H and O–H groups in total. The normalized spacial score (nSPS) is 15.9. The zero-order valence-electron chi connectivity index (χ0n) is 16.9. The van der Waals surface area contributed by atoms with Crippen LogP contribution >= 0.6 is 11.6 Å². The molecule has 2 aliphatic rings. The lowest BCUT2D eigenvalue weighted by atomic mass is 10.0. The Morgan fingerprint density at radius 2 is 1.67 bits per heavy atom. The lowest BCUT2D eigenvalue weighted by Crippen LogP contribution is -2.45. The van der Waals surface area contributed by atoms with E-state index < -0.39 is 0 Å². The molecule has 3 amide bonds. The van der Waals surface area contributed by atoms with Crippen LogP contribution in [0.1, 0.15) is 41.3 Å². The van der Waals surface area contributed by atoms with E-state index in [0.29, 0.717) is 25.2 Å². The topological polar surface area (TPSA) is 69.7 Å². The van der Waals surface area contributed by atoms with Gasteiger partial charge in [0.15, 0.2) is 0 Å². The molecule has 1 saturated heterocycles. The van der Waals surface area contributed by atoms with Crippen LogP contribution in [0.2, 0.25) is 5.02 Å². The summed E-state index contributed by atoms with van der Waals surface area (Å²) in [7, 11) is 0. The first kappa shape index (κ1) is 20.4. The number of nitrogens with zero attached hydrogens (tertiary/aromatic N) is 2. The Bertz CT molecular complexity index is 982. The second-order valence-electron chi connectivity index (χ2n) is 7.89. The van der Waals surface area contributed by atoms with Crippen LogP contribution in [-0.2, 0) is 22.4 Å². The molecular formula is C23H24ClN3O3. The quantitative estimate of drug-likeness (QED) is 0.812. The number of hydrogen-bond acceptors (Lipinski definition) is 3. The molecule has 0 aromatic heterocycles. The SMILES string of the molecule is CC(=O)Nc1cccc(C(=O)N2CCCN2C(=O)CC2Cc3ccccc3C2)c1Cl. The summed E-state index contributed by atoms with van der Waals surface area (Å²) < 4.78 is 0. The molecular weight excluding hydrogens is 402 g/mol. The van der Waals surface area contributed by atoms with E-state index in [0.717, 1.165) is 19.3 Å². The van der Waals surface area contributed by atoms with Crippen molar-refractivity contribution in [3.05, 3.63) is 64.2 Å². The summed E-state index contributed by atoms with van der Waals surface area (Å²) in [6, 6.07) is 13.2. The highest BCUT2D eigenvalue weighted by Crippen LogP contribution is 2.31. The van der Waals surface area contributed by atoms with Gasteiger partial charge >= 0.3 is 0 Å². The zero-order chi connectivity index (χ0) is 21.3. The summed E-state index contributed by atoms with van der Waals surface area (Å²) in [5, 5.41) is 5.86. The van der Waals surface area contributed by atoms with E-state index in [1.807, 2.05) is 12.1 Å². The molecule has 0 atom stereocenters. The molecule has 1 aliphatic carbocycles. The molecule has 4 rings (SSSR count). The van der Waals surface area contributed by atoms with Crippen molar-refractivity contribution in [2.75, 3.05) is 18.4 Å². The van der Waals surface area contributed by atoms with E-state index in [9.17, 15) is 14.4 Å². The summed E-state index contributed by atoms with van der Waals surface area (Å²) >= 11 is 6.38.